The van der Waals surface area contributed by atoms with E-state index < -0.39 is 0 Å². The van der Waals surface area contributed by atoms with E-state index in [1.165, 1.54) is 25.0 Å². The molecule has 0 atom stereocenters. The maximum atomic E-state index is 13.0. The number of guanidine groups is 1. The van der Waals surface area contributed by atoms with Crippen LogP contribution >= 0.6 is 24.0 Å². The van der Waals surface area contributed by atoms with Gasteiger partial charge < -0.3 is 14.6 Å². The van der Waals surface area contributed by atoms with E-state index in [1.54, 1.807) is 25.4 Å². The molecule has 1 heterocycles. The molecule has 0 saturated heterocycles. The predicted molar refractivity (Wildman–Crippen MR) is 124 cm³/mol. The zero-order valence-corrected chi connectivity index (χ0v) is 19.0. The van der Waals surface area contributed by atoms with Gasteiger partial charge in [-0.2, -0.15) is 0 Å². The lowest BCUT2D eigenvalue weighted by atomic mass is 10.2. The first-order valence-corrected chi connectivity index (χ1v) is 9.37. The highest BCUT2D eigenvalue weighted by Crippen LogP contribution is 2.19. The van der Waals surface area contributed by atoms with Crippen LogP contribution in [-0.2, 0) is 6.42 Å². The smallest absolute Gasteiger partial charge is 0.226 e. The van der Waals surface area contributed by atoms with Crippen molar-refractivity contribution in [1.29, 1.82) is 0 Å². The van der Waals surface area contributed by atoms with Gasteiger partial charge in [-0.3, -0.25) is 4.99 Å². The highest BCUT2D eigenvalue weighted by Gasteiger charge is 2.08. The first kappa shape index (κ1) is 24.1. The quantitative estimate of drug-likeness (QED) is 0.166. The summed E-state index contributed by atoms with van der Waals surface area (Å²) in [6.07, 6.45) is 8.92. The number of allylic oxidation sites excluding steroid dienone is 1. The molecular weight excluding hydrogens is 470 g/mol. The molecule has 1 aromatic carbocycles. The van der Waals surface area contributed by atoms with Gasteiger partial charge >= 0.3 is 0 Å². The summed E-state index contributed by atoms with van der Waals surface area (Å²) in [4.78, 5) is 10.9. The van der Waals surface area contributed by atoms with Gasteiger partial charge in [0.05, 0.1) is 5.69 Å². The lowest BCUT2D eigenvalue weighted by molar-refractivity contribution is 0.455. The van der Waals surface area contributed by atoms with E-state index in [9.17, 15) is 4.39 Å². The summed E-state index contributed by atoms with van der Waals surface area (Å²) in [5, 5.41) is 3.35. The SMILES string of the molecule is C=CCCCCCN(C)C(=NC)NCCc1coc(-c2ccc(F)cc2)n1.I. The zero-order chi connectivity index (χ0) is 19.5. The van der Waals surface area contributed by atoms with Crippen molar-refractivity contribution in [3.63, 3.8) is 0 Å². The van der Waals surface area contributed by atoms with E-state index in [0.717, 1.165) is 43.0 Å². The number of aliphatic imine (C=N–C) groups is 1. The van der Waals surface area contributed by atoms with Crippen LogP contribution in [0.25, 0.3) is 11.5 Å². The van der Waals surface area contributed by atoms with Gasteiger partial charge in [0.1, 0.15) is 12.1 Å². The van der Waals surface area contributed by atoms with Gasteiger partial charge in [0, 0.05) is 39.2 Å². The van der Waals surface area contributed by atoms with E-state index >= 15 is 0 Å². The largest absolute Gasteiger partial charge is 0.444 e. The minimum Gasteiger partial charge on any atom is -0.444 e. The molecule has 5 nitrogen and oxygen atoms in total. The highest BCUT2D eigenvalue weighted by atomic mass is 127. The first-order chi connectivity index (χ1) is 13.1. The van der Waals surface area contributed by atoms with Crippen LogP contribution in [0.1, 0.15) is 31.4 Å². The topological polar surface area (TPSA) is 53.7 Å². The number of oxazole rings is 1. The monoisotopic (exact) mass is 500 g/mol. The molecule has 0 aliphatic heterocycles. The number of rotatable bonds is 10. The lowest BCUT2D eigenvalue weighted by Gasteiger charge is -2.21. The summed E-state index contributed by atoms with van der Waals surface area (Å²) in [6, 6.07) is 6.13. The maximum Gasteiger partial charge on any atom is 0.226 e. The van der Waals surface area contributed by atoms with Crippen molar-refractivity contribution >= 4 is 29.9 Å². The molecule has 0 unspecified atom stereocenters. The van der Waals surface area contributed by atoms with Crippen LogP contribution in [0.3, 0.4) is 0 Å². The zero-order valence-electron chi connectivity index (χ0n) is 16.7. The predicted octanol–water partition coefficient (Wildman–Crippen LogP) is 4.89. The van der Waals surface area contributed by atoms with Gasteiger partial charge in [-0.15, -0.1) is 30.6 Å². The van der Waals surface area contributed by atoms with Crippen LogP contribution in [0.15, 0.2) is 52.6 Å². The van der Waals surface area contributed by atoms with Gasteiger partial charge in [0.25, 0.3) is 0 Å². The summed E-state index contributed by atoms with van der Waals surface area (Å²) in [7, 11) is 3.84. The van der Waals surface area contributed by atoms with E-state index in [1.807, 2.05) is 13.1 Å². The number of hydrogen-bond acceptors (Lipinski definition) is 3. The Morgan fingerprint density at radius 3 is 2.71 bits per heavy atom. The van der Waals surface area contributed by atoms with Gasteiger partial charge in [-0.25, -0.2) is 9.37 Å². The fourth-order valence-corrected chi connectivity index (χ4v) is 2.75. The fraction of sp³-hybridized carbons (Fsp3) is 0.429. The van der Waals surface area contributed by atoms with Crippen LogP contribution in [0.2, 0.25) is 0 Å². The molecule has 2 aromatic rings. The molecule has 0 amide bonds. The molecule has 0 spiro atoms. The van der Waals surface area contributed by atoms with Gasteiger partial charge in [0.2, 0.25) is 5.89 Å². The summed E-state index contributed by atoms with van der Waals surface area (Å²) in [5.74, 6) is 1.11. The molecule has 154 valence electrons. The van der Waals surface area contributed by atoms with Crippen LogP contribution in [0.5, 0.6) is 0 Å². The Bertz CT molecular complexity index is 730. The standard InChI is InChI=1S/C21H29FN4O.HI/c1-4-5-6-7-8-15-26(3)21(23-2)24-14-13-19-16-27-20(25-19)17-9-11-18(22)12-10-17;/h4,9-12,16H,1,5-8,13-15H2,2-3H3,(H,23,24);1H. The van der Waals surface area contributed by atoms with Crippen molar-refractivity contribution in [1.82, 2.24) is 15.2 Å². The molecule has 7 heteroatoms. The van der Waals surface area contributed by atoms with Crippen molar-refractivity contribution in [2.24, 2.45) is 4.99 Å². The Labute approximate surface area is 184 Å². The van der Waals surface area contributed by atoms with Crippen molar-refractivity contribution in [2.45, 2.75) is 32.1 Å². The van der Waals surface area contributed by atoms with E-state index in [2.05, 4.69) is 26.8 Å². The molecule has 2 rings (SSSR count). The molecule has 0 aliphatic carbocycles. The third kappa shape index (κ3) is 8.00. The maximum absolute atomic E-state index is 13.0. The number of nitrogens with one attached hydrogen (secondary N) is 1. The fourth-order valence-electron chi connectivity index (χ4n) is 2.75. The number of benzene rings is 1. The van der Waals surface area contributed by atoms with Crippen LogP contribution < -0.4 is 5.32 Å². The number of unbranched alkanes of at least 4 members (excludes halogenated alkanes) is 3. The second-order valence-electron chi connectivity index (χ2n) is 6.43. The lowest BCUT2D eigenvalue weighted by Crippen LogP contribution is -2.40. The first-order valence-electron chi connectivity index (χ1n) is 9.37. The molecule has 0 radical (unpaired) electrons. The molecule has 28 heavy (non-hydrogen) atoms. The molecule has 0 saturated carbocycles. The number of hydrogen-bond donors (Lipinski definition) is 1. The minimum absolute atomic E-state index is 0. The van der Waals surface area contributed by atoms with E-state index in [-0.39, 0.29) is 29.8 Å². The van der Waals surface area contributed by atoms with Crippen LogP contribution in [0.4, 0.5) is 4.39 Å². The Morgan fingerprint density at radius 2 is 2.04 bits per heavy atom. The minimum atomic E-state index is -0.272. The number of nitrogens with zero attached hydrogens (tertiary/aromatic N) is 3. The molecule has 0 aliphatic rings. The van der Waals surface area contributed by atoms with E-state index in [0.29, 0.717) is 12.4 Å². The average molecular weight is 500 g/mol. The van der Waals surface area contributed by atoms with Crippen molar-refractivity contribution in [2.75, 3.05) is 27.2 Å². The molecule has 1 aromatic heterocycles. The Morgan fingerprint density at radius 1 is 1.29 bits per heavy atom. The van der Waals surface area contributed by atoms with E-state index in [4.69, 9.17) is 4.42 Å². The summed E-state index contributed by atoms with van der Waals surface area (Å²) in [6.45, 7) is 5.43. The Kier molecular flexibility index (Phi) is 11.5. The second kappa shape index (κ2) is 13.3. The second-order valence-corrected chi connectivity index (χ2v) is 6.43. The Hall–Kier alpha value is -1.90. The van der Waals surface area contributed by atoms with Crippen LogP contribution in [-0.4, -0.2) is 43.0 Å². The third-order valence-electron chi connectivity index (χ3n) is 4.28. The molecule has 0 fully saturated rings. The molecule has 0 bridgehead atoms. The summed E-state index contributed by atoms with van der Waals surface area (Å²) >= 11 is 0. The van der Waals surface area contributed by atoms with Crippen molar-refractivity contribution in [3.05, 3.63) is 54.7 Å². The number of halogens is 2. The van der Waals surface area contributed by atoms with Gasteiger partial charge in [-0.05, 0) is 43.5 Å². The summed E-state index contributed by atoms with van der Waals surface area (Å²) in [5.41, 5.74) is 1.62. The van der Waals surface area contributed by atoms with Crippen LogP contribution in [0, 0.1) is 5.82 Å². The Balaban J connectivity index is 0.00000392. The molecule has 1 N–H and O–H groups in total. The highest BCUT2D eigenvalue weighted by molar-refractivity contribution is 14.0. The van der Waals surface area contributed by atoms with Crippen molar-refractivity contribution < 1.29 is 8.81 Å². The van der Waals surface area contributed by atoms with Gasteiger partial charge in [0.15, 0.2) is 5.96 Å². The third-order valence-corrected chi connectivity index (χ3v) is 4.28. The van der Waals surface area contributed by atoms with Crippen molar-refractivity contribution in [3.8, 4) is 11.5 Å². The molecular formula is C21H30FIN4O. The summed E-state index contributed by atoms with van der Waals surface area (Å²) < 4.78 is 18.5. The van der Waals surface area contributed by atoms with Gasteiger partial charge in [-0.1, -0.05) is 12.5 Å². The normalized spacial score (nSPS) is 11.0. The number of aromatic nitrogens is 1. The average Bonchev–Trinajstić information content (AvgIpc) is 3.14.